The Hall–Kier alpha value is -1.14. The van der Waals surface area contributed by atoms with E-state index in [1.165, 1.54) is 5.57 Å². The largest absolute Gasteiger partial charge is 0.396 e. The van der Waals surface area contributed by atoms with Crippen LogP contribution in [-0.2, 0) is 37.9 Å². The van der Waals surface area contributed by atoms with Gasteiger partial charge in [-0.25, -0.2) is 0 Å². The molecule has 0 aromatic rings. The molecule has 8 fully saturated rings. The fourth-order valence-electron chi connectivity index (χ4n) is 16.3. The van der Waals surface area contributed by atoms with E-state index in [4.69, 9.17) is 37.9 Å². The normalized spacial score (nSPS) is 54.7. The Labute approximate surface area is 438 Å². The van der Waals surface area contributed by atoms with E-state index in [-0.39, 0.29) is 47.2 Å². The van der Waals surface area contributed by atoms with E-state index < -0.39 is 165 Å². The molecule has 0 radical (unpaired) electrons. The molecule has 4 aliphatic heterocycles. The van der Waals surface area contributed by atoms with Gasteiger partial charge in [0.1, 0.15) is 91.6 Å². The second-order valence-corrected chi connectivity index (χ2v) is 26.1. The highest BCUT2D eigenvalue weighted by atomic mass is 16.7. The predicted octanol–water partition coefficient (Wildman–Crippen LogP) is -1.95. The van der Waals surface area contributed by atoms with E-state index in [9.17, 15) is 71.5 Å². The molecule has 0 spiro atoms. The second-order valence-electron chi connectivity index (χ2n) is 26.1. The molecule has 0 aromatic heterocycles. The standard InChI is InChI=1S/C53H88O22/c1-48(2)14-15-53(22-55)24(16-48)23-8-9-30-50(5)12-11-31(49(3,4)29(50)10-13-51(30,6)52(23,7)17-32(53)75-46-42(66)37(61)34(58)26(18-54)71-46)74-47-43(67)39(63)36(60)28(73-47)21-70-45-41(65)38(62)35(59)27(72-45)20-69-44-40(64)33(57)25(56)19-68-44/h8,24-47,54-67H,9-22H2,1-7H3/t24-,25+,26+,27+,28+,29-,30+,31-,32-,33-,34+,35+,36+,37-,38-,39-,40+,41+,42+,43+,44-,45+,46-,47-,50-,51+,52+,53+/m0/s1. The summed E-state index contributed by atoms with van der Waals surface area (Å²) in [5.74, 6) is 0.228. The minimum atomic E-state index is -1.80. The second kappa shape index (κ2) is 21.3. The number of allylic oxidation sites excluding steroid dienone is 2. The van der Waals surface area contributed by atoms with Gasteiger partial charge in [-0.15, -0.1) is 0 Å². The summed E-state index contributed by atoms with van der Waals surface area (Å²) >= 11 is 0. The predicted molar refractivity (Wildman–Crippen MR) is 258 cm³/mol. The van der Waals surface area contributed by atoms with Crippen molar-refractivity contribution in [3.8, 4) is 0 Å². The van der Waals surface area contributed by atoms with Crippen molar-refractivity contribution in [1.29, 1.82) is 0 Å². The summed E-state index contributed by atoms with van der Waals surface area (Å²) < 4.78 is 48.0. The molecular formula is C53H88O22. The van der Waals surface area contributed by atoms with Gasteiger partial charge in [0.05, 0.1) is 45.2 Å². The SMILES string of the molecule is CC1(C)CC[C@]2(CO)[C@@H](O[C@@H]3O[C@H](CO)[C@@H](O)[C@H](O)[C@H]3O)C[C@]3(C)C(=CC[C@@H]4[C@@]5(C)CC[C@H](O[C@@H]6O[C@H](CO[C@@H]7O[C@H](CO[C@@H]8OC[C@@H](O)[C@H](O)[C@H]8O)[C@@H](O)[C@H](O)[C@H]7O)[C@@H](O)[C@H](O)[C@H]6O)C(C)(C)[C@@H]5CC[C@]43C)[C@@H]2C1. The molecule has 22 nitrogen and oxygen atoms in total. The van der Waals surface area contributed by atoms with Gasteiger partial charge in [0.2, 0.25) is 0 Å². The molecule has 28 atom stereocenters. The monoisotopic (exact) mass is 1080 g/mol. The smallest absolute Gasteiger partial charge is 0.186 e. The van der Waals surface area contributed by atoms with Gasteiger partial charge in [-0.05, 0) is 103 Å². The summed E-state index contributed by atoms with van der Waals surface area (Å²) in [4.78, 5) is 0. The van der Waals surface area contributed by atoms with E-state index in [0.29, 0.717) is 19.3 Å². The van der Waals surface area contributed by atoms with Crippen LogP contribution in [0.15, 0.2) is 11.6 Å². The van der Waals surface area contributed by atoms with Gasteiger partial charge < -0.3 is 109 Å². The maximum Gasteiger partial charge on any atom is 0.186 e. The molecule has 4 saturated heterocycles. The van der Waals surface area contributed by atoms with Crippen molar-refractivity contribution in [3.63, 3.8) is 0 Å². The zero-order valence-corrected chi connectivity index (χ0v) is 44.4. The molecule has 9 aliphatic rings. The topological polar surface area (TPSA) is 357 Å². The average Bonchev–Trinajstić information content (AvgIpc) is 3.36. The van der Waals surface area contributed by atoms with Gasteiger partial charge in [-0.3, -0.25) is 0 Å². The number of aliphatic hydroxyl groups is 14. The van der Waals surface area contributed by atoms with Crippen molar-refractivity contribution >= 4 is 0 Å². The van der Waals surface area contributed by atoms with Crippen molar-refractivity contribution in [1.82, 2.24) is 0 Å². The molecule has 0 bridgehead atoms. The molecule has 5 aliphatic carbocycles. The zero-order chi connectivity index (χ0) is 54.7. The lowest BCUT2D eigenvalue weighted by atomic mass is 9.33. The third kappa shape index (κ3) is 9.73. The van der Waals surface area contributed by atoms with Crippen LogP contribution in [-0.4, -0.2) is 233 Å². The first kappa shape index (κ1) is 58.5. The molecule has 0 amide bonds. The summed E-state index contributed by atoms with van der Waals surface area (Å²) in [6, 6.07) is 0. The lowest BCUT2D eigenvalue weighted by Crippen LogP contribution is -2.68. The number of hydrogen-bond acceptors (Lipinski definition) is 22. The maximum atomic E-state index is 11.6. The third-order valence-electron chi connectivity index (χ3n) is 21.2. The van der Waals surface area contributed by atoms with Crippen LogP contribution in [0.2, 0.25) is 0 Å². The minimum Gasteiger partial charge on any atom is -0.396 e. The third-order valence-corrected chi connectivity index (χ3v) is 21.2. The Morgan fingerprint density at radius 2 is 1.07 bits per heavy atom. The van der Waals surface area contributed by atoms with Crippen LogP contribution in [0.1, 0.15) is 106 Å². The Balaban J connectivity index is 0.899. The first-order valence-corrected chi connectivity index (χ1v) is 27.3. The molecule has 14 N–H and O–H groups in total. The van der Waals surface area contributed by atoms with E-state index in [2.05, 4.69) is 54.5 Å². The summed E-state index contributed by atoms with van der Waals surface area (Å²) in [6.45, 7) is 13.8. The highest BCUT2D eigenvalue weighted by molar-refractivity contribution is 5.35. The fourth-order valence-corrected chi connectivity index (χ4v) is 16.3. The van der Waals surface area contributed by atoms with Gasteiger partial charge in [-0.1, -0.05) is 60.1 Å². The fraction of sp³-hybridized carbons (Fsp3) is 0.962. The van der Waals surface area contributed by atoms with Crippen molar-refractivity contribution in [3.05, 3.63) is 11.6 Å². The van der Waals surface area contributed by atoms with E-state index in [0.717, 1.165) is 38.5 Å². The van der Waals surface area contributed by atoms with Crippen molar-refractivity contribution in [2.45, 2.75) is 235 Å². The summed E-state index contributed by atoms with van der Waals surface area (Å²) in [5, 5.41) is 150. The van der Waals surface area contributed by atoms with Crippen LogP contribution in [0.3, 0.4) is 0 Å². The van der Waals surface area contributed by atoms with Gasteiger partial charge in [0.15, 0.2) is 25.2 Å². The molecule has 22 heteroatoms. The highest BCUT2D eigenvalue weighted by Gasteiger charge is 2.71. The zero-order valence-electron chi connectivity index (χ0n) is 44.4. The quantitative estimate of drug-likeness (QED) is 0.0746. The first-order chi connectivity index (χ1) is 35.1. The van der Waals surface area contributed by atoms with E-state index >= 15 is 0 Å². The molecule has 9 rings (SSSR count). The molecule has 4 saturated carbocycles. The average molecular weight is 1080 g/mol. The Morgan fingerprint density at radius 3 is 1.67 bits per heavy atom. The number of hydrogen-bond donors (Lipinski definition) is 14. The van der Waals surface area contributed by atoms with Crippen LogP contribution in [0, 0.1) is 50.2 Å². The first-order valence-electron chi connectivity index (χ1n) is 27.3. The van der Waals surface area contributed by atoms with Crippen molar-refractivity contribution in [2.75, 3.05) is 33.0 Å². The van der Waals surface area contributed by atoms with Gasteiger partial charge in [-0.2, -0.15) is 0 Å². The molecular weight excluding hydrogens is 989 g/mol. The van der Waals surface area contributed by atoms with Crippen molar-refractivity contribution < 1.29 is 109 Å². The van der Waals surface area contributed by atoms with E-state index in [1.807, 2.05) is 0 Å². The number of aliphatic hydroxyl groups excluding tert-OH is 14. The molecule has 0 unspecified atom stereocenters. The minimum absolute atomic E-state index is 0.0337. The van der Waals surface area contributed by atoms with Crippen LogP contribution in [0.25, 0.3) is 0 Å². The molecule has 0 aromatic carbocycles. The van der Waals surface area contributed by atoms with Crippen LogP contribution in [0.5, 0.6) is 0 Å². The summed E-state index contributed by atoms with van der Waals surface area (Å²) in [7, 11) is 0. The van der Waals surface area contributed by atoms with Gasteiger partial charge in [0, 0.05) is 5.41 Å². The molecule has 432 valence electrons. The number of rotatable bonds is 12. The molecule has 75 heavy (non-hydrogen) atoms. The molecule has 4 heterocycles. The maximum absolute atomic E-state index is 11.6. The van der Waals surface area contributed by atoms with Gasteiger partial charge >= 0.3 is 0 Å². The summed E-state index contributed by atoms with van der Waals surface area (Å²) in [6.07, 6.45) is -21.4. The van der Waals surface area contributed by atoms with Crippen LogP contribution >= 0.6 is 0 Å². The van der Waals surface area contributed by atoms with Crippen LogP contribution < -0.4 is 0 Å². The lowest BCUT2D eigenvalue weighted by molar-refractivity contribution is -0.349. The Bertz CT molecular complexity index is 2010. The number of ether oxygens (including phenoxy) is 8. The van der Waals surface area contributed by atoms with Crippen LogP contribution in [0.4, 0.5) is 0 Å². The van der Waals surface area contributed by atoms with E-state index in [1.54, 1.807) is 0 Å². The highest BCUT2D eigenvalue weighted by Crippen LogP contribution is 2.76. The lowest BCUT2D eigenvalue weighted by Gasteiger charge is -2.72. The number of fused-ring (bicyclic) bond motifs is 7. The Kier molecular flexibility index (Phi) is 16.6. The summed E-state index contributed by atoms with van der Waals surface area (Å²) in [5.41, 5.74) is -0.875. The Morgan fingerprint density at radius 1 is 0.533 bits per heavy atom. The van der Waals surface area contributed by atoms with Crippen molar-refractivity contribution in [2.24, 2.45) is 50.2 Å². The van der Waals surface area contributed by atoms with Gasteiger partial charge in [0.25, 0.3) is 0 Å².